The Bertz CT molecular complexity index is 1230. The van der Waals surface area contributed by atoms with Crippen LogP contribution in [0.25, 0.3) is 0 Å². The van der Waals surface area contributed by atoms with Crippen LogP contribution >= 0.6 is 11.3 Å². The van der Waals surface area contributed by atoms with Crippen LogP contribution in [0.2, 0.25) is 0 Å². The molecule has 0 unspecified atom stereocenters. The second-order valence-corrected chi connectivity index (χ2v) is 8.25. The lowest BCUT2D eigenvalue weighted by atomic mass is 9.82. The number of anilines is 3. The summed E-state index contributed by atoms with van der Waals surface area (Å²) in [6, 6.07) is 8.96. The predicted octanol–water partition coefficient (Wildman–Crippen LogP) is 3.89. The quantitative estimate of drug-likeness (QED) is 0.495. The number of aromatic nitrogens is 1. The predicted molar refractivity (Wildman–Crippen MR) is 121 cm³/mol. The van der Waals surface area contributed by atoms with Gasteiger partial charge < -0.3 is 30.4 Å². The number of benzene rings is 1. The van der Waals surface area contributed by atoms with Gasteiger partial charge in [0, 0.05) is 23.2 Å². The minimum absolute atomic E-state index is 0.282. The highest BCUT2D eigenvalue weighted by molar-refractivity contribution is 7.19. The zero-order valence-electron chi connectivity index (χ0n) is 17.9. The number of amides is 1. The number of ether oxygens (including phenoxy) is 2. The number of carbonyl (C=O) groups is 2. The van der Waals surface area contributed by atoms with E-state index < -0.39 is 17.8 Å². The number of esters is 1. The first-order valence-electron chi connectivity index (χ1n) is 9.70. The van der Waals surface area contributed by atoms with Crippen molar-refractivity contribution in [1.29, 1.82) is 0 Å². The van der Waals surface area contributed by atoms with Crippen molar-refractivity contribution in [2.75, 3.05) is 30.6 Å². The van der Waals surface area contributed by atoms with Crippen LogP contribution in [0.5, 0.6) is 5.75 Å². The van der Waals surface area contributed by atoms with E-state index in [2.05, 4.69) is 15.8 Å². The van der Waals surface area contributed by atoms with E-state index in [0.29, 0.717) is 44.0 Å². The smallest absolute Gasteiger partial charge is 0.336 e. The molecule has 0 bridgehead atoms. The summed E-state index contributed by atoms with van der Waals surface area (Å²) in [6.07, 6.45) is 0. The van der Waals surface area contributed by atoms with Crippen molar-refractivity contribution in [2.24, 2.45) is 0 Å². The van der Waals surface area contributed by atoms with E-state index in [1.54, 1.807) is 27.0 Å². The summed E-state index contributed by atoms with van der Waals surface area (Å²) < 4.78 is 15.3. The molecule has 0 radical (unpaired) electrons. The van der Waals surface area contributed by atoms with Crippen LogP contribution in [0.15, 0.2) is 46.1 Å². The number of hydrogen-bond acceptors (Lipinski definition) is 9. The van der Waals surface area contributed by atoms with Crippen LogP contribution in [0.1, 0.15) is 39.4 Å². The highest BCUT2D eigenvalue weighted by Crippen LogP contribution is 2.50. The number of fused-ring (bicyclic) bond motifs is 1. The zero-order chi connectivity index (χ0) is 23.0. The number of thiophene rings is 1. The second-order valence-electron chi connectivity index (χ2n) is 7.23. The molecule has 1 aromatic carbocycles. The average molecular weight is 455 g/mol. The number of aryl methyl sites for hydroxylation is 1. The number of methoxy groups -OCH3 is 2. The molecule has 1 amide bonds. The van der Waals surface area contributed by atoms with Gasteiger partial charge in [-0.1, -0.05) is 17.3 Å². The van der Waals surface area contributed by atoms with Gasteiger partial charge in [-0.2, -0.15) is 0 Å². The van der Waals surface area contributed by atoms with Gasteiger partial charge in [0.05, 0.1) is 30.5 Å². The molecule has 10 heteroatoms. The van der Waals surface area contributed by atoms with Crippen molar-refractivity contribution < 1.29 is 23.6 Å². The SMILES string of the molecule is COC(=O)C1=C(C)Nc2sc(C(=O)Nc3cc(C)on3)c(N)c2[C@@H]1c1ccc(OC)cc1. The van der Waals surface area contributed by atoms with E-state index in [0.717, 1.165) is 5.56 Å². The van der Waals surface area contributed by atoms with E-state index in [4.69, 9.17) is 19.7 Å². The number of carbonyl (C=O) groups excluding carboxylic acids is 2. The Morgan fingerprint density at radius 2 is 1.94 bits per heavy atom. The zero-order valence-corrected chi connectivity index (χ0v) is 18.8. The summed E-state index contributed by atoms with van der Waals surface area (Å²) >= 11 is 1.21. The first-order valence-corrected chi connectivity index (χ1v) is 10.5. The Balaban J connectivity index is 1.80. The third-order valence-electron chi connectivity index (χ3n) is 5.20. The van der Waals surface area contributed by atoms with Gasteiger partial charge in [-0.3, -0.25) is 4.79 Å². The van der Waals surface area contributed by atoms with E-state index in [1.165, 1.54) is 18.4 Å². The van der Waals surface area contributed by atoms with Gasteiger partial charge in [0.2, 0.25) is 0 Å². The second kappa shape index (κ2) is 8.39. The molecular formula is C22H22N4O5S. The Hall–Kier alpha value is -3.79. The molecule has 0 aliphatic carbocycles. The summed E-state index contributed by atoms with van der Waals surface area (Å²) in [7, 11) is 2.92. The molecule has 4 rings (SSSR count). The highest BCUT2D eigenvalue weighted by Gasteiger charge is 2.37. The van der Waals surface area contributed by atoms with Crippen LogP contribution in [0.3, 0.4) is 0 Å². The standard InChI is InChI=1S/C22H22N4O5S/c1-10-9-14(26-31-10)25-20(27)19-18(23)17-16(12-5-7-13(29-3)8-6-12)15(22(28)30-4)11(2)24-21(17)32-19/h5-9,16,24H,23H2,1-4H3,(H,25,26,27)/t16-/m1/s1. The van der Waals surface area contributed by atoms with E-state index in [9.17, 15) is 9.59 Å². The number of rotatable bonds is 5. The van der Waals surface area contributed by atoms with E-state index in [-0.39, 0.29) is 5.69 Å². The maximum absolute atomic E-state index is 12.9. The van der Waals surface area contributed by atoms with Crippen molar-refractivity contribution in [1.82, 2.24) is 5.16 Å². The van der Waals surface area contributed by atoms with Crippen LogP contribution in [0, 0.1) is 6.92 Å². The molecule has 0 spiro atoms. The third-order valence-corrected chi connectivity index (χ3v) is 6.33. The fraction of sp³-hybridized carbons (Fsp3) is 0.227. The van der Waals surface area contributed by atoms with E-state index >= 15 is 0 Å². The number of nitrogens with two attached hydrogens (primary N) is 1. The summed E-state index contributed by atoms with van der Waals surface area (Å²) in [5.41, 5.74) is 9.28. The average Bonchev–Trinajstić information content (AvgIpc) is 3.34. The van der Waals surface area contributed by atoms with Gasteiger partial charge in [-0.25, -0.2) is 4.79 Å². The molecule has 2 aromatic heterocycles. The molecule has 4 N–H and O–H groups in total. The van der Waals surface area contributed by atoms with Gasteiger partial charge in [-0.15, -0.1) is 11.3 Å². The van der Waals surface area contributed by atoms with Crippen molar-refractivity contribution >= 4 is 39.7 Å². The molecule has 1 aliphatic heterocycles. The Kier molecular flexibility index (Phi) is 5.62. The first kappa shape index (κ1) is 21.4. The Labute approximate surface area is 188 Å². The molecule has 3 aromatic rings. The maximum atomic E-state index is 12.9. The molecule has 9 nitrogen and oxygen atoms in total. The fourth-order valence-electron chi connectivity index (χ4n) is 3.71. The van der Waals surface area contributed by atoms with Crippen molar-refractivity contribution in [3.05, 3.63) is 63.4 Å². The molecule has 0 saturated heterocycles. The van der Waals surface area contributed by atoms with Crippen LogP contribution < -0.4 is 21.1 Å². The monoisotopic (exact) mass is 454 g/mol. The molecule has 32 heavy (non-hydrogen) atoms. The summed E-state index contributed by atoms with van der Waals surface area (Å²) in [5, 5.41) is 10.4. The topological polar surface area (TPSA) is 129 Å². The summed E-state index contributed by atoms with van der Waals surface area (Å²) in [5.74, 6) is 0.144. The van der Waals surface area contributed by atoms with Crippen molar-refractivity contribution in [2.45, 2.75) is 19.8 Å². The van der Waals surface area contributed by atoms with Gasteiger partial charge >= 0.3 is 5.97 Å². The number of nitrogen functional groups attached to an aromatic ring is 1. The van der Waals surface area contributed by atoms with Crippen LogP contribution in [0.4, 0.5) is 16.5 Å². The molecule has 166 valence electrons. The molecule has 0 fully saturated rings. The number of nitrogens with one attached hydrogen (secondary N) is 2. The minimum Gasteiger partial charge on any atom is -0.497 e. The molecule has 3 heterocycles. The third kappa shape index (κ3) is 3.69. The molecule has 0 saturated carbocycles. The van der Waals surface area contributed by atoms with Gasteiger partial charge in [-0.05, 0) is 31.5 Å². The Morgan fingerprint density at radius 3 is 2.53 bits per heavy atom. The molecule has 1 aliphatic rings. The van der Waals surface area contributed by atoms with Crippen molar-refractivity contribution in [3.8, 4) is 5.75 Å². The van der Waals surface area contributed by atoms with Gasteiger partial charge in [0.1, 0.15) is 16.4 Å². The van der Waals surface area contributed by atoms with Crippen LogP contribution in [-0.2, 0) is 9.53 Å². The van der Waals surface area contributed by atoms with Gasteiger partial charge in [0.15, 0.2) is 5.82 Å². The lowest BCUT2D eigenvalue weighted by Crippen LogP contribution is -2.23. The maximum Gasteiger partial charge on any atom is 0.336 e. The lowest BCUT2D eigenvalue weighted by Gasteiger charge is -2.28. The number of nitrogens with zero attached hydrogens (tertiary/aromatic N) is 1. The largest absolute Gasteiger partial charge is 0.497 e. The number of hydrogen-bond donors (Lipinski definition) is 3. The van der Waals surface area contributed by atoms with E-state index in [1.807, 2.05) is 24.3 Å². The normalized spacial score (nSPS) is 15.1. The van der Waals surface area contributed by atoms with Crippen molar-refractivity contribution in [3.63, 3.8) is 0 Å². The highest BCUT2D eigenvalue weighted by atomic mass is 32.1. The molecule has 1 atom stereocenters. The number of allylic oxidation sites excluding steroid dienone is 1. The van der Waals surface area contributed by atoms with Crippen LogP contribution in [-0.4, -0.2) is 31.3 Å². The molecular weight excluding hydrogens is 432 g/mol. The van der Waals surface area contributed by atoms with Gasteiger partial charge in [0.25, 0.3) is 5.91 Å². The summed E-state index contributed by atoms with van der Waals surface area (Å²) in [6.45, 7) is 3.52. The lowest BCUT2D eigenvalue weighted by molar-refractivity contribution is -0.136. The Morgan fingerprint density at radius 1 is 1.22 bits per heavy atom. The minimum atomic E-state index is -0.517. The summed E-state index contributed by atoms with van der Waals surface area (Å²) in [4.78, 5) is 25.9. The fourth-order valence-corrected chi connectivity index (χ4v) is 4.82. The first-order chi connectivity index (χ1) is 15.3.